The smallest absolute Gasteiger partial charge is 0.167 e. The third-order valence-electron chi connectivity index (χ3n) is 6.10. The number of benzene rings is 1. The van der Waals surface area contributed by atoms with Gasteiger partial charge in [-0.05, 0) is 55.3 Å². The molecular formula is C22H29BFNO3. The van der Waals surface area contributed by atoms with Crippen molar-refractivity contribution in [3.63, 3.8) is 0 Å². The zero-order valence-electron chi connectivity index (χ0n) is 17.0. The number of aliphatic imine (C=N–C) groups is 1. The summed E-state index contributed by atoms with van der Waals surface area (Å²) in [5.41, 5.74) is 2.91. The van der Waals surface area contributed by atoms with Gasteiger partial charge in [-0.25, -0.2) is 4.39 Å². The Morgan fingerprint density at radius 2 is 1.93 bits per heavy atom. The van der Waals surface area contributed by atoms with Crippen molar-refractivity contribution in [3.8, 4) is 5.75 Å². The van der Waals surface area contributed by atoms with Gasteiger partial charge < -0.3 is 14.6 Å². The van der Waals surface area contributed by atoms with E-state index >= 15 is 0 Å². The number of rotatable bonds is 6. The van der Waals surface area contributed by atoms with Crippen LogP contribution in [0.3, 0.4) is 0 Å². The van der Waals surface area contributed by atoms with E-state index in [1.807, 2.05) is 19.1 Å². The second kappa shape index (κ2) is 9.23. The Labute approximate surface area is 168 Å². The molecule has 2 radical (unpaired) electrons. The van der Waals surface area contributed by atoms with E-state index in [0.29, 0.717) is 23.5 Å². The van der Waals surface area contributed by atoms with Gasteiger partial charge in [-0.2, -0.15) is 0 Å². The lowest BCUT2D eigenvalue weighted by Crippen LogP contribution is -2.37. The maximum atomic E-state index is 14.3. The van der Waals surface area contributed by atoms with Crippen molar-refractivity contribution in [1.82, 2.24) is 0 Å². The van der Waals surface area contributed by atoms with Gasteiger partial charge in [0.2, 0.25) is 0 Å². The molecule has 2 aliphatic rings. The van der Waals surface area contributed by atoms with Crippen molar-refractivity contribution >= 4 is 19.0 Å². The number of ether oxygens (including phenoxy) is 2. The fourth-order valence-corrected chi connectivity index (χ4v) is 4.38. The predicted octanol–water partition coefficient (Wildman–Crippen LogP) is 3.43. The van der Waals surface area contributed by atoms with Crippen molar-refractivity contribution < 1.29 is 19.0 Å². The largest absolute Gasteiger partial charge is 0.505 e. The highest BCUT2D eigenvalue weighted by molar-refractivity contribution is 6.35. The fourth-order valence-electron chi connectivity index (χ4n) is 4.38. The molecule has 0 bridgehead atoms. The van der Waals surface area contributed by atoms with Gasteiger partial charge in [-0.15, -0.1) is 0 Å². The Kier molecular flexibility index (Phi) is 6.94. The minimum Gasteiger partial charge on any atom is -0.505 e. The molecule has 6 heteroatoms. The SMILES string of the molecule is [B]c1c(C)c(CC2=NC(C3CCCCC3)C(OCOC)C=C2)c(C)c(F)c1O. The highest BCUT2D eigenvalue weighted by Gasteiger charge is 2.32. The lowest BCUT2D eigenvalue weighted by Gasteiger charge is -2.34. The maximum absolute atomic E-state index is 14.3. The number of hydrogen-bond acceptors (Lipinski definition) is 4. The van der Waals surface area contributed by atoms with Gasteiger partial charge in [0, 0.05) is 19.2 Å². The van der Waals surface area contributed by atoms with E-state index in [2.05, 4.69) is 0 Å². The van der Waals surface area contributed by atoms with Crippen LogP contribution in [0.4, 0.5) is 4.39 Å². The number of hydrogen-bond donors (Lipinski definition) is 1. The predicted molar refractivity (Wildman–Crippen MR) is 110 cm³/mol. The first-order chi connectivity index (χ1) is 13.4. The molecule has 28 heavy (non-hydrogen) atoms. The molecule has 150 valence electrons. The molecule has 1 N–H and O–H groups in total. The number of halogens is 1. The third kappa shape index (κ3) is 4.33. The van der Waals surface area contributed by atoms with Crippen LogP contribution in [0, 0.1) is 25.6 Å². The first-order valence-electron chi connectivity index (χ1n) is 10.0. The Morgan fingerprint density at radius 1 is 1.21 bits per heavy atom. The third-order valence-corrected chi connectivity index (χ3v) is 6.10. The summed E-state index contributed by atoms with van der Waals surface area (Å²) in [6.07, 6.45) is 10.4. The second-order valence-corrected chi connectivity index (χ2v) is 7.89. The molecule has 0 saturated heterocycles. The summed E-state index contributed by atoms with van der Waals surface area (Å²) in [5.74, 6) is -0.629. The molecule has 1 aliphatic carbocycles. The summed E-state index contributed by atoms with van der Waals surface area (Å²) in [6.45, 7) is 3.72. The number of allylic oxidation sites excluding steroid dienone is 1. The number of phenolic OH excluding ortho intramolecular Hbond substituents is 1. The Bertz CT molecular complexity index is 743. The number of methoxy groups -OCH3 is 1. The van der Waals surface area contributed by atoms with Crippen LogP contribution in [0.25, 0.3) is 0 Å². The summed E-state index contributed by atoms with van der Waals surface area (Å²) in [4.78, 5) is 5.02. The van der Waals surface area contributed by atoms with Crippen molar-refractivity contribution in [3.05, 3.63) is 34.7 Å². The van der Waals surface area contributed by atoms with Gasteiger partial charge in [0.25, 0.3) is 0 Å². The topological polar surface area (TPSA) is 51.0 Å². The minimum atomic E-state index is -0.649. The second-order valence-electron chi connectivity index (χ2n) is 7.89. The molecule has 1 aromatic rings. The number of dihydropyridines is 1. The van der Waals surface area contributed by atoms with Gasteiger partial charge in [-0.1, -0.05) is 30.9 Å². The van der Waals surface area contributed by atoms with E-state index in [1.165, 1.54) is 19.3 Å². The van der Waals surface area contributed by atoms with Crippen molar-refractivity contribution in [2.75, 3.05) is 13.9 Å². The standard InChI is InChI=1S/C22H29BFNO3/c1-13-17(14(2)20(24)22(26)19(13)23)11-16-9-10-18(28-12-27-3)21(25-16)15-7-5-4-6-8-15/h9-10,15,18,21,26H,4-8,11-12H2,1-3H3. The first-order valence-corrected chi connectivity index (χ1v) is 10.0. The molecule has 0 spiro atoms. The average molecular weight is 385 g/mol. The highest BCUT2D eigenvalue weighted by Crippen LogP contribution is 2.33. The maximum Gasteiger partial charge on any atom is 0.167 e. The van der Waals surface area contributed by atoms with Gasteiger partial charge in [-0.3, -0.25) is 4.99 Å². The monoisotopic (exact) mass is 385 g/mol. The summed E-state index contributed by atoms with van der Waals surface area (Å²) >= 11 is 0. The van der Waals surface area contributed by atoms with Gasteiger partial charge in [0.05, 0.1) is 6.04 Å². The van der Waals surface area contributed by atoms with Crippen LogP contribution in [0.15, 0.2) is 17.1 Å². The molecule has 1 saturated carbocycles. The Morgan fingerprint density at radius 3 is 2.61 bits per heavy atom. The number of phenols is 1. The van der Waals surface area contributed by atoms with Crippen molar-refractivity contribution in [2.24, 2.45) is 10.9 Å². The van der Waals surface area contributed by atoms with E-state index < -0.39 is 11.6 Å². The average Bonchev–Trinajstić information content (AvgIpc) is 2.73. The molecule has 1 aromatic carbocycles. The van der Waals surface area contributed by atoms with E-state index in [0.717, 1.165) is 24.1 Å². The fraction of sp³-hybridized carbons (Fsp3) is 0.591. The highest BCUT2D eigenvalue weighted by atomic mass is 19.1. The Hall–Kier alpha value is -1.66. The van der Waals surface area contributed by atoms with Crippen LogP contribution in [0.2, 0.25) is 0 Å². The van der Waals surface area contributed by atoms with Crippen molar-refractivity contribution in [2.45, 2.75) is 64.5 Å². The summed E-state index contributed by atoms with van der Waals surface area (Å²) in [7, 11) is 7.51. The van der Waals surface area contributed by atoms with Crippen LogP contribution in [-0.4, -0.2) is 44.7 Å². The van der Waals surface area contributed by atoms with Crippen LogP contribution in [0.1, 0.15) is 48.8 Å². The molecule has 1 fully saturated rings. The molecule has 3 rings (SSSR count). The van der Waals surface area contributed by atoms with Crippen molar-refractivity contribution in [1.29, 1.82) is 0 Å². The van der Waals surface area contributed by atoms with Crippen LogP contribution in [-0.2, 0) is 15.9 Å². The van der Waals surface area contributed by atoms with E-state index in [9.17, 15) is 9.50 Å². The molecular weight excluding hydrogens is 356 g/mol. The summed E-state index contributed by atoms with van der Waals surface area (Å²) < 4.78 is 25.3. The normalized spacial score (nSPS) is 23.1. The van der Waals surface area contributed by atoms with E-state index in [4.69, 9.17) is 22.3 Å². The molecule has 0 aromatic heterocycles. The Balaban J connectivity index is 1.88. The number of aromatic hydroxyl groups is 1. The molecule has 1 aliphatic heterocycles. The zero-order valence-corrected chi connectivity index (χ0v) is 17.0. The van der Waals surface area contributed by atoms with Gasteiger partial charge >= 0.3 is 0 Å². The van der Waals surface area contributed by atoms with E-state index in [1.54, 1.807) is 14.0 Å². The van der Waals surface area contributed by atoms with Crippen LogP contribution < -0.4 is 5.46 Å². The van der Waals surface area contributed by atoms with Crippen LogP contribution in [0.5, 0.6) is 5.75 Å². The summed E-state index contributed by atoms with van der Waals surface area (Å²) in [5, 5.41) is 9.86. The first kappa shape index (κ1) is 21.1. The van der Waals surface area contributed by atoms with Gasteiger partial charge in [0.1, 0.15) is 26.5 Å². The minimum absolute atomic E-state index is 0.0513. The molecule has 1 heterocycles. The van der Waals surface area contributed by atoms with Gasteiger partial charge in [0.15, 0.2) is 5.82 Å². The van der Waals surface area contributed by atoms with Crippen LogP contribution >= 0.6 is 0 Å². The van der Waals surface area contributed by atoms with E-state index in [-0.39, 0.29) is 24.4 Å². The molecule has 4 nitrogen and oxygen atoms in total. The molecule has 2 unspecified atom stereocenters. The molecule has 0 amide bonds. The number of nitrogens with zero attached hydrogens (tertiary/aromatic N) is 1. The quantitative estimate of drug-likeness (QED) is 0.603. The zero-order chi connectivity index (χ0) is 20.3. The lowest BCUT2D eigenvalue weighted by atomic mass is 9.80. The summed E-state index contributed by atoms with van der Waals surface area (Å²) in [6, 6.07) is 0.0513. The lowest BCUT2D eigenvalue weighted by molar-refractivity contribution is -0.0691. The molecule has 2 atom stereocenters.